The van der Waals surface area contributed by atoms with Crippen molar-refractivity contribution in [2.24, 2.45) is 5.92 Å². The zero-order valence-corrected chi connectivity index (χ0v) is 9.73. The smallest absolute Gasteiger partial charge is 0.119 e. The van der Waals surface area contributed by atoms with Crippen LogP contribution in [0.2, 0.25) is 0 Å². The maximum atomic E-state index is 9.89. The van der Waals surface area contributed by atoms with Crippen molar-refractivity contribution in [2.45, 2.75) is 38.0 Å². The van der Waals surface area contributed by atoms with Crippen LogP contribution in [0.1, 0.15) is 43.6 Å². The molecule has 1 nitrogen and oxygen atoms in total. The Balaban J connectivity index is 2.21. The van der Waals surface area contributed by atoms with Gasteiger partial charge < -0.3 is 5.11 Å². The van der Waals surface area contributed by atoms with Crippen molar-refractivity contribution in [2.75, 3.05) is 0 Å². The highest BCUT2D eigenvalue weighted by Gasteiger charge is 2.24. The van der Waals surface area contributed by atoms with E-state index in [9.17, 15) is 5.11 Å². The number of phenolic OH excluding ortho intramolecular Hbond substituents is 1. The summed E-state index contributed by atoms with van der Waals surface area (Å²) in [6.45, 7) is 3.94. The number of hydrogen-bond donors (Lipinski definition) is 1. The lowest BCUT2D eigenvalue weighted by molar-refractivity contribution is 0.327. The molecule has 2 rings (SSSR count). The molecule has 1 aliphatic rings. The molecule has 1 N–H and O–H groups in total. The van der Waals surface area contributed by atoms with Crippen molar-refractivity contribution < 1.29 is 5.11 Å². The van der Waals surface area contributed by atoms with Gasteiger partial charge in [-0.3, -0.25) is 0 Å². The SMILES string of the molecule is C=CC(c1ccccc1O)C1CCCCC1. The number of phenols is 1. The largest absolute Gasteiger partial charge is 0.508 e. The molecule has 1 aromatic carbocycles. The average Bonchev–Trinajstić information content (AvgIpc) is 2.34. The number of aromatic hydroxyl groups is 1. The average molecular weight is 216 g/mol. The summed E-state index contributed by atoms with van der Waals surface area (Å²) in [5, 5.41) is 9.89. The van der Waals surface area contributed by atoms with Gasteiger partial charge in [0.2, 0.25) is 0 Å². The summed E-state index contributed by atoms with van der Waals surface area (Å²) in [7, 11) is 0. The van der Waals surface area contributed by atoms with E-state index in [0.717, 1.165) is 5.56 Å². The zero-order chi connectivity index (χ0) is 11.4. The number of para-hydroxylation sites is 1. The molecular weight excluding hydrogens is 196 g/mol. The van der Waals surface area contributed by atoms with E-state index in [2.05, 4.69) is 6.58 Å². The minimum atomic E-state index is 0.321. The van der Waals surface area contributed by atoms with Crippen LogP contribution in [0.5, 0.6) is 5.75 Å². The fourth-order valence-corrected chi connectivity index (χ4v) is 2.84. The normalized spacial score (nSPS) is 19.2. The maximum Gasteiger partial charge on any atom is 0.119 e. The van der Waals surface area contributed by atoms with E-state index >= 15 is 0 Å². The molecule has 0 spiro atoms. The molecule has 1 saturated carbocycles. The van der Waals surface area contributed by atoms with Crippen LogP contribution in [0.3, 0.4) is 0 Å². The maximum absolute atomic E-state index is 9.89. The monoisotopic (exact) mass is 216 g/mol. The Morgan fingerprint density at radius 2 is 1.88 bits per heavy atom. The number of benzene rings is 1. The van der Waals surface area contributed by atoms with E-state index in [0.29, 0.717) is 17.6 Å². The Kier molecular flexibility index (Phi) is 3.66. The Morgan fingerprint density at radius 3 is 2.50 bits per heavy atom. The Labute approximate surface area is 97.8 Å². The molecule has 0 bridgehead atoms. The van der Waals surface area contributed by atoms with Gasteiger partial charge in [-0.2, -0.15) is 0 Å². The van der Waals surface area contributed by atoms with Crippen molar-refractivity contribution >= 4 is 0 Å². The predicted octanol–water partition coefficient (Wildman–Crippen LogP) is 4.24. The first kappa shape index (κ1) is 11.3. The molecule has 1 heteroatoms. The van der Waals surface area contributed by atoms with Gasteiger partial charge in [0.25, 0.3) is 0 Å². The van der Waals surface area contributed by atoms with E-state index in [-0.39, 0.29) is 0 Å². The molecule has 1 unspecified atom stereocenters. The van der Waals surface area contributed by atoms with Crippen molar-refractivity contribution in [3.8, 4) is 5.75 Å². The minimum absolute atomic E-state index is 0.321. The van der Waals surface area contributed by atoms with Gasteiger partial charge in [-0.1, -0.05) is 43.5 Å². The summed E-state index contributed by atoms with van der Waals surface area (Å²) < 4.78 is 0. The quantitative estimate of drug-likeness (QED) is 0.749. The lowest BCUT2D eigenvalue weighted by Gasteiger charge is -2.28. The lowest BCUT2D eigenvalue weighted by atomic mass is 9.76. The van der Waals surface area contributed by atoms with Gasteiger partial charge in [-0.05, 0) is 24.8 Å². The summed E-state index contributed by atoms with van der Waals surface area (Å²) in [6.07, 6.45) is 8.55. The van der Waals surface area contributed by atoms with Gasteiger partial charge >= 0.3 is 0 Å². The minimum Gasteiger partial charge on any atom is -0.508 e. The highest BCUT2D eigenvalue weighted by atomic mass is 16.3. The van der Waals surface area contributed by atoms with E-state index in [1.54, 1.807) is 6.07 Å². The Morgan fingerprint density at radius 1 is 1.19 bits per heavy atom. The second-order valence-electron chi connectivity index (χ2n) is 4.72. The molecule has 0 heterocycles. The lowest BCUT2D eigenvalue weighted by Crippen LogP contribution is -2.14. The standard InChI is InChI=1S/C15H20O/c1-2-13(12-8-4-3-5-9-12)14-10-6-7-11-15(14)16/h2,6-7,10-13,16H,1,3-5,8-9H2. The molecular formula is C15H20O. The van der Waals surface area contributed by atoms with E-state index in [1.807, 2.05) is 24.3 Å². The third-order valence-corrected chi connectivity index (χ3v) is 3.71. The molecule has 1 aliphatic carbocycles. The topological polar surface area (TPSA) is 20.2 Å². The van der Waals surface area contributed by atoms with E-state index in [1.165, 1.54) is 32.1 Å². The van der Waals surface area contributed by atoms with Gasteiger partial charge in [0.15, 0.2) is 0 Å². The molecule has 0 amide bonds. The van der Waals surface area contributed by atoms with Gasteiger partial charge in [0.05, 0.1) is 0 Å². The van der Waals surface area contributed by atoms with Crippen molar-refractivity contribution in [1.29, 1.82) is 0 Å². The van der Waals surface area contributed by atoms with Crippen LogP contribution in [0.4, 0.5) is 0 Å². The highest BCUT2D eigenvalue weighted by Crippen LogP contribution is 2.39. The summed E-state index contributed by atoms with van der Waals surface area (Å²) in [4.78, 5) is 0. The van der Waals surface area contributed by atoms with Crippen molar-refractivity contribution in [3.63, 3.8) is 0 Å². The fourth-order valence-electron chi connectivity index (χ4n) is 2.84. The molecule has 0 radical (unpaired) electrons. The van der Waals surface area contributed by atoms with Gasteiger partial charge in [0, 0.05) is 11.5 Å². The molecule has 86 valence electrons. The van der Waals surface area contributed by atoms with Crippen LogP contribution in [0.15, 0.2) is 36.9 Å². The first-order chi connectivity index (χ1) is 7.83. The van der Waals surface area contributed by atoms with Gasteiger partial charge in [0.1, 0.15) is 5.75 Å². The van der Waals surface area contributed by atoms with Crippen LogP contribution >= 0.6 is 0 Å². The zero-order valence-electron chi connectivity index (χ0n) is 9.73. The van der Waals surface area contributed by atoms with E-state index < -0.39 is 0 Å². The van der Waals surface area contributed by atoms with Crippen LogP contribution in [-0.4, -0.2) is 5.11 Å². The molecule has 0 saturated heterocycles. The predicted molar refractivity (Wildman–Crippen MR) is 67.6 cm³/mol. The fraction of sp³-hybridized carbons (Fsp3) is 0.467. The first-order valence-electron chi connectivity index (χ1n) is 6.23. The molecule has 1 atom stereocenters. The van der Waals surface area contributed by atoms with E-state index in [4.69, 9.17) is 0 Å². The first-order valence-corrected chi connectivity index (χ1v) is 6.23. The number of hydrogen-bond acceptors (Lipinski definition) is 1. The summed E-state index contributed by atoms with van der Waals surface area (Å²) >= 11 is 0. The number of rotatable bonds is 3. The highest BCUT2D eigenvalue weighted by molar-refractivity contribution is 5.37. The molecule has 16 heavy (non-hydrogen) atoms. The van der Waals surface area contributed by atoms with Crippen LogP contribution in [-0.2, 0) is 0 Å². The second-order valence-corrected chi connectivity index (χ2v) is 4.72. The van der Waals surface area contributed by atoms with Crippen molar-refractivity contribution in [1.82, 2.24) is 0 Å². The molecule has 0 aliphatic heterocycles. The molecule has 0 aromatic heterocycles. The second kappa shape index (κ2) is 5.20. The summed E-state index contributed by atoms with van der Waals surface area (Å²) in [5.41, 5.74) is 1.05. The van der Waals surface area contributed by atoms with Crippen LogP contribution < -0.4 is 0 Å². The molecule has 1 aromatic rings. The summed E-state index contributed by atoms with van der Waals surface area (Å²) in [6, 6.07) is 7.67. The van der Waals surface area contributed by atoms with Crippen LogP contribution in [0.25, 0.3) is 0 Å². The van der Waals surface area contributed by atoms with Gasteiger partial charge in [-0.15, -0.1) is 6.58 Å². The van der Waals surface area contributed by atoms with Crippen molar-refractivity contribution in [3.05, 3.63) is 42.5 Å². The Hall–Kier alpha value is -1.24. The number of allylic oxidation sites excluding steroid dienone is 1. The molecule has 1 fully saturated rings. The third kappa shape index (κ3) is 2.29. The van der Waals surface area contributed by atoms with Crippen LogP contribution in [0, 0.1) is 5.92 Å². The van der Waals surface area contributed by atoms with Gasteiger partial charge in [-0.25, -0.2) is 0 Å². The Bertz CT molecular complexity index is 350. The summed E-state index contributed by atoms with van der Waals surface area (Å²) in [5.74, 6) is 1.40. The third-order valence-electron chi connectivity index (χ3n) is 3.71.